The number of nitrogens with one attached hydrogen (secondary N) is 1. The third-order valence-corrected chi connectivity index (χ3v) is 2.89. The van der Waals surface area contributed by atoms with Crippen molar-refractivity contribution in [3.8, 4) is 0 Å². The van der Waals surface area contributed by atoms with Gasteiger partial charge in [-0.2, -0.15) is 0 Å². The van der Waals surface area contributed by atoms with Crippen LogP contribution in [0.25, 0.3) is 0 Å². The molecule has 0 bridgehead atoms. The molecular weight excluding hydrogens is 202 g/mol. The number of rotatable bonds is 2. The van der Waals surface area contributed by atoms with Gasteiger partial charge in [-0.25, -0.2) is 0 Å². The number of benzene rings is 1. The van der Waals surface area contributed by atoms with Crippen molar-refractivity contribution in [1.29, 1.82) is 0 Å². The zero-order chi connectivity index (χ0) is 11.5. The standard InChI is InChI=1S/C12H17N3O/c1-9-8-15(7-6-14-9)11-4-2-10(3-5-11)12(13)16/h2-5,9,14H,6-8H2,1H3,(H2,13,16)/t9-/m1/s1. The highest BCUT2D eigenvalue weighted by atomic mass is 16.1. The highest BCUT2D eigenvalue weighted by Crippen LogP contribution is 2.16. The predicted octanol–water partition coefficient (Wildman–Crippen LogP) is 0.584. The van der Waals surface area contributed by atoms with Crippen LogP contribution in [0.4, 0.5) is 5.69 Å². The Morgan fingerprint density at radius 3 is 2.69 bits per heavy atom. The molecule has 1 aromatic rings. The summed E-state index contributed by atoms with van der Waals surface area (Å²) in [4.78, 5) is 13.3. The first-order chi connectivity index (χ1) is 7.66. The first-order valence-electron chi connectivity index (χ1n) is 5.55. The number of hydrogen-bond donors (Lipinski definition) is 2. The number of piperazine rings is 1. The van der Waals surface area contributed by atoms with Crippen LogP contribution in [0.5, 0.6) is 0 Å². The van der Waals surface area contributed by atoms with Gasteiger partial charge in [-0.05, 0) is 31.2 Å². The third kappa shape index (κ3) is 2.33. The maximum atomic E-state index is 10.9. The molecule has 4 nitrogen and oxygen atoms in total. The fraction of sp³-hybridized carbons (Fsp3) is 0.417. The molecule has 1 aromatic carbocycles. The second kappa shape index (κ2) is 4.53. The number of anilines is 1. The lowest BCUT2D eigenvalue weighted by Gasteiger charge is -2.33. The van der Waals surface area contributed by atoms with Crippen LogP contribution in [0.15, 0.2) is 24.3 Å². The van der Waals surface area contributed by atoms with Gasteiger partial charge in [0.25, 0.3) is 0 Å². The molecule has 1 heterocycles. The quantitative estimate of drug-likeness (QED) is 0.765. The second-order valence-electron chi connectivity index (χ2n) is 4.21. The summed E-state index contributed by atoms with van der Waals surface area (Å²) in [5, 5.41) is 3.40. The average molecular weight is 219 g/mol. The van der Waals surface area contributed by atoms with Crippen molar-refractivity contribution in [2.45, 2.75) is 13.0 Å². The van der Waals surface area contributed by atoms with E-state index in [0.717, 1.165) is 25.3 Å². The van der Waals surface area contributed by atoms with E-state index in [9.17, 15) is 4.79 Å². The van der Waals surface area contributed by atoms with E-state index in [-0.39, 0.29) is 5.91 Å². The molecule has 0 saturated carbocycles. The van der Waals surface area contributed by atoms with E-state index < -0.39 is 0 Å². The normalized spacial score (nSPS) is 20.8. The van der Waals surface area contributed by atoms with Crippen LogP contribution >= 0.6 is 0 Å². The van der Waals surface area contributed by atoms with Crippen LogP contribution in [0, 0.1) is 0 Å². The summed E-state index contributed by atoms with van der Waals surface area (Å²) >= 11 is 0. The fourth-order valence-electron chi connectivity index (χ4n) is 2.00. The molecule has 86 valence electrons. The number of primary amides is 1. The van der Waals surface area contributed by atoms with Gasteiger partial charge in [-0.3, -0.25) is 4.79 Å². The fourth-order valence-corrected chi connectivity index (χ4v) is 2.00. The molecule has 1 aliphatic heterocycles. The molecule has 2 rings (SSSR count). The zero-order valence-corrected chi connectivity index (χ0v) is 9.44. The van der Waals surface area contributed by atoms with Gasteiger partial charge in [-0.1, -0.05) is 0 Å². The van der Waals surface area contributed by atoms with Crippen molar-refractivity contribution in [3.63, 3.8) is 0 Å². The number of nitrogens with two attached hydrogens (primary N) is 1. The molecule has 1 aliphatic rings. The molecule has 3 N–H and O–H groups in total. The molecule has 0 aliphatic carbocycles. The zero-order valence-electron chi connectivity index (χ0n) is 9.44. The summed E-state index contributed by atoms with van der Waals surface area (Å²) in [6, 6.07) is 7.98. The van der Waals surface area contributed by atoms with E-state index in [1.165, 1.54) is 0 Å². The van der Waals surface area contributed by atoms with Crippen LogP contribution < -0.4 is 16.0 Å². The number of amides is 1. The number of nitrogens with zero attached hydrogens (tertiary/aromatic N) is 1. The van der Waals surface area contributed by atoms with E-state index >= 15 is 0 Å². The first kappa shape index (κ1) is 11.0. The topological polar surface area (TPSA) is 58.4 Å². The molecular formula is C12H17N3O. The Morgan fingerprint density at radius 1 is 1.44 bits per heavy atom. The van der Waals surface area contributed by atoms with Crippen molar-refractivity contribution in [2.24, 2.45) is 5.73 Å². The molecule has 1 amide bonds. The van der Waals surface area contributed by atoms with Crippen molar-refractivity contribution in [2.75, 3.05) is 24.5 Å². The number of carbonyl (C=O) groups is 1. The minimum absolute atomic E-state index is 0.375. The Labute approximate surface area is 95.4 Å². The predicted molar refractivity (Wildman–Crippen MR) is 64.6 cm³/mol. The molecule has 1 fully saturated rings. The van der Waals surface area contributed by atoms with Crippen LogP contribution in [-0.2, 0) is 0 Å². The lowest BCUT2D eigenvalue weighted by molar-refractivity contribution is 0.100. The van der Waals surface area contributed by atoms with E-state index in [1.54, 1.807) is 12.1 Å². The van der Waals surface area contributed by atoms with E-state index in [4.69, 9.17) is 5.73 Å². The van der Waals surface area contributed by atoms with Crippen molar-refractivity contribution < 1.29 is 4.79 Å². The number of hydrogen-bond acceptors (Lipinski definition) is 3. The summed E-state index contributed by atoms with van der Waals surface area (Å²) in [5.74, 6) is -0.375. The van der Waals surface area contributed by atoms with E-state index in [0.29, 0.717) is 11.6 Å². The Kier molecular flexibility index (Phi) is 3.10. The summed E-state index contributed by atoms with van der Waals surface area (Å²) in [6.07, 6.45) is 0. The van der Waals surface area contributed by atoms with Crippen LogP contribution in [0.1, 0.15) is 17.3 Å². The largest absolute Gasteiger partial charge is 0.369 e. The molecule has 1 atom stereocenters. The molecule has 1 saturated heterocycles. The van der Waals surface area contributed by atoms with Gasteiger partial charge in [0.05, 0.1) is 0 Å². The lowest BCUT2D eigenvalue weighted by Crippen LogP contribution is -2.49. The third-order valence-electron chi connectivity index (χ3n) is 2.89. The summed E-state index contributed by atoms with van der Waals surface area (Å²) in [5.41, 5.74) is 6.92. The first-order valence-corrected chi connectivity index (χ1v) is 5.55. The van der Waals surface area contributed by atoms with Gasteiger partial charge in [0, 0.05) is 36.9 Å². The van der Waals surface area contributed by atoms with Crippen LogP contribution in [0.2, 0.25) is 0 Å². The van der Waals surface area contributed by atoms with E-state index in [2.05, 4.69) is 17.1 Å². The minimum atomic E-state index is -0.375. The Hall–Kier alpha value is -1.55. The summed E-state index contributed by atoms with van der Waals surface area (Å²) < 4.78 is 0. The van der Waals surface area contributed by atoms with Crippen LogP contribution in [-0.4, -0.2) is 31.6 Å². The highest BCUT2D eigenvalue weighted by molar-refractivity contribution is 5.93. The number of carbonyl (C=O) groups excluding carboxylic acids is 1. The second-order valence-corrected chi connectivity index (χ2v) is 4.21. The lowest BCUT2D eigenvalue weighted by atomic mass is 10.1. The Balaban J connectivity index is 2.11. The maximum absolute atomic E-state index is 10.9. The van der Waals surface area contributed by atoms with Crippen molar-refractivity contribution in [3.05, 3.63) is 29.8 Å². The molecule has 0 unspecified atom stereocenters. The summed E-state index contributed by atoms with van der Waals surface area (Å²) in [7, 11) is 0. The van der Waals surface area contributed by atoms with Gasteiger partial charge in [0.1, 0.15) is 0 Å². The minimum Gasteiger partial charge on any atom is -0.369 e. The van der Waals surface area contributed by atoms with Crippen LogP contribution in [0.3, 0.4) is 0 Å². The van der Waals surface area contributed by atoms with E-state index in [1.807, 2.05) is 12.1 Å². The smallest absolute Gasteiger partial charge is 0.248 e. The SMILES string of the molecule is C[C@@H]1CN(c2ccc(C(N)=O)cc2)CCN1. The van der Waals surface area contributed by atoms with Gasteiger partial charge < -0.3 is 16.0 Å². The maximum Gasteiger partial charge on any atom is 0.248 e. The Morgan fingerprint density at radius 2 is 2.12 bits per heavy atom. The highest BCUT2D eigenvalue weighted by Gasteiger charge is 2.15. The summed E-state index contributed by atoms with van der Waals surface area (Å²) in [6.45, 7) is 5.17. The molecule has 0 spiro atoms. The van der Waals surface area contributed by atoms with Crippen molar-refractivity contribution >= 4 is 11.6 Å². The van der Waals surface area contributed by atoms with Gasteiger partial charge in [-0.15, -0.1) is 0 Å². The molecule has 0 aromatic heterocycles. The van der Waals surface area contributed by atoms with Crippen molar-refractivity contribution in [1.82, 2.24) is 5.32 Å². The average Bonchev–Trinajstić information content (AvgIpc) is 2.29. The van der Waals surface area contributed by atoms with Gasteiger partial charge in [0.15, 0.2) is 0 Å². The monoisotopic (exact) mass is 219 g/mol. The molecule has 16 heavy (non-hydrogen) atoms. The van der Waals surface area contributed by atoms with Gasteiger partial charge in [0.2, 0.25) is 5.91 Å². The van der Waals surface area contributed by atoms with Gasteiger partial charge >= 0.3 is 0 Å². The molecule has 0 radical (unpaired) electrons. The Bertz CT molecular complexity index is 374. The molecule has 4 heteroatoms.